The van der Waals surface area contributed by atoms with E-state index >= 15 is 0 Å². The molecule has 0 atom stereocenters. The summed E-state index contributed by atoms with van der Waals surface area (Å²) in [6.45, 7) is 8.02. The fourth-order valence-corrected chi connectivity index (χ4v) is 4.07. The Balaban J connectivity index is 2.44. The van der Waals surface area contributed by atoms with E-state index in [-0.39, 0.29) is 49.2 Å². The topological polar surface area (TPSA) is 131 Å². The SMILES string of the molecule is CCCCn1c(N)c(N(C(=O)CN(CC(=O)OCC)C(C)C)C2CCCC2)c(=O)[nH]c1=O. The zero-order valence-electron chi connectivity index (χ0n) is 19.7. The first-order chi connectivity index (χ1) is 15.2. The summed E-state index contributed by atoms with van der Waals surface area (Å²) < 4.78 is 6.36. The van der Waals surface area contributed by atoms with Crippen LogP contribution >= 0.6 is 0 Å². The molecule has 1 fully saturated rings. The van der Waals surface area contributed by atoms with Gasteiger partial charge in [-0.05, 0) is 40.0 Å². The molecule has 0 aromatic carbocycles. The van der Waals surface area contributed by atoms with Crippen molar-refractivity contribution in [3.63, 3.8) is 0 Å². The lowest BCUT2D eigenvalue weighted by molar-refractivity contribution is -0.145. The highest BCUT2D eigenvalue weighted by Crippen LogP contribution is 2.29. The van der Waals surface area contributed by atoms with Gasteiger partial charge in [0.25, 0.3) is 5.56 Å². The molecule has 10 heteroatoms. The average Bonchev–Trinajstić information content (AvgIpc) is 3.24. The number of nitrogens with zero attached hydrogens (tertiary/aromatic N) is 3. The highest BCUT2D eigenvalue weighted by atomic mass is 16.5. The first kappa shape index (κ1) is 25.6. The van der Waals surface area contributed by atoms with Gasteiger partial charge in [0, 0.05) is 18.6 Å². The Morgan fingerprint density at radius 3 is 2.41 bits per heavy atom. The number of unbranched alkanes of at least 4 members (excludes halogenated alkanes) is 1. The number of rotatable bonds is 11. The highest BCUT2D eigenvalue weighted by Gasteiger charge is 2.34. The Morgan fingerprint density at radius 2 is 1.84 bits per heavy atom. The van der Waals surface area contributed by atoms with Gasteiger partial charge in [-0.25, -0.2) is 4.79 Å². The number of aromatic amines is 1. The normalized spacial score (nSPS) is 14.3. The van der Waals surface area contributed by atoms with Crippen LogP contribution < -0.4 is 21.9 Å². The molecule has 180 valence electrons. The monoisotopic (exact) mass is 451 g/mol. The molecular formula is C22H37N5O5. The van der Waals surface area contributed by atoms with Crippen LogP contribution in [0.3, 0.4) is 0 Å². The minimum absolute atomic E-state index is 0.00828. The molecule has 1 heterocycles. The van der Waals surface area contributed by atoms with E-state index in [4.69, 9.17) is 10.5 Å². The fourth-order valence-electron chi connectivity index (χ4n) is 4.07. The summed E-state index contributed by atoms with van der Waals surface area (Å²) in [6.07, 6.45) is 4.95. The van der Waals surface area contributed by atoms with Crippen LogP contribution in [0.2, 0.25) is 0 Å². The zero-order chi connectivity index (χ0) is 23.8. The second-order valence-corrected chi connectivity index (χ2v) is 8.50. The largest absolute Gasteiger partial charge is 0.465 e. The number of hydrogen-bond donors (Lipinski definition) is 2. The molecule has 0 spiro atoms. The Morgan fingerprint density at radius 1 is 1.19 bits per heavy atom. The molecule has 0 bridgehead atoms. The number of carbonyl (C=O) groups is 2. The van der Waals surface area contributed by atoms with Crippen LogP contribution in [0, 0.1) is 0 Å². The van der Waals surface area contributed by atoms with Crippen LogP contribution in [0.4, 0.5) is 11.5 Å². The maximum atomic E-state index is 13.5. The van der Waals surface area contributed by atoms with E-state index < -0.39 is 17.2 Å². The smallest absolute Gasteiger partial charge is 0.330 e. The summed E-state index contributed by atoms with van der Waals surface area (Å²) in [7, 11) is 0. The lowest BCUT2D eigenvalue weighted by Gasteiger charge is -2.33. The number of nitrogen functional groups attached to an aromatic ring is 1. The molecule has 0 radical (unpaired) electrons. The first-order valence-electron chi connectivity index (χ1n) is 11.5. The number of nitrogens with two attached hydrogens (primary N) is 1. The van der Waals surface area contributed by atoms with Gasteiger partial charge in [0.15, 0.2) is 5.69 Å². The van der Waals surface area contributed by atoms with Crippen molar-refractivity contribution in [2.75, 3.05) is 30.3 Å². The highest BCUT2D eigenvalue weighted by molar-refractivity contribution is 5.97. The minimum atomic E-state index is -0.665. The molecule has 1 aliphatic carbocycles. The van der Waals surface area contributed by atoms with E-state index in [1.165, 1.54) is 9.47 Å². The summed E-state index contributed by atoms with van der Waals surface area (Å²) in [5, 5.41) is 0. The summed E-state index contributed by atoms with van der Waals surface area (Å²) in [5.41, 5.74) is 5.09. The second-order valence-electron chi connectivity index (χ2n) is 8.50. The number of amides is 1. The summed E-state index contributed by atoms with van der Waals surface area (Å²) >= 11 is 0. The predicted octanol–water partition coefficient (Wildman–Crippen LogP) is 1.47. The van der Waals surface area contributed by atoms with Gasteiger partial charge >= 0.3 is 11.7 Å². The minimum Gasteiger partial charge on any atom is -0.465 e. The molecule has 3 N–H and O–H groups in total. The third-order valence-electron chi connectivity index (χ3n) is 5.85. The van der Waals surface area contributed by atoms with Gasteiger partial charge < -0.3 is 15.4 Å². The number of ether oxygens (including phenoxy) is 1. The van der Waals surface area contributed by atoms with Crippen LogP contribution in [0.15, 0.2) is 9.59 Å². The van der Waals surface area contributed by atoms with Crippen LogP contribution in [-0.4, -0.2) is 58.1 Å². The van der Waals surface area contributed by atoms with Gasteiger partial charge in [-0.2, -0.15) is 0 Å². The predicted molar refractivity (Wildman–Crippen MR) is 124 cm³/mol. The van der Waals surface area contributed by atoms with Gasteiger partial charge in [-0.1, -0.05) is 26.2 Å². The summed E-state index contributed by atoms with van der Waals surface area (Å²) in [4.78, 5) is 56.3. The number of H-pyrrole nitrogens is 1. The van der Waals surface area contributed by atoms with Crippen molar-refractivity contribution in [1.82, 2.24) is 14.5 Å². The van der Waals surface area contributed by atoms with Crippen molar-refractivity contribution in [2.24, 2.45) is 0 Å². The molecule has 1 aliphatic rings. The Bertz CT molecular complexity index is 901. The van der Waals surface area contributed by atoms with E-state index in [0.29, 0.717) is 13.0 Å². The van der Waals surface area contributed by atoms with Crippen molar-refractivity contribution in [2.45, 2.75) is 84.8 Å². The lowest BCUT2D eigenvalue weighted by atomic mass is 10.1. The van der Waals surface area contributed by atoms with E-state index in [9.17, 15) is 19.2 Å². The van der Waals surface area contributed by atoms with Gasteiger partial charge in [0.1, 0.15) is 5.82 Å². The Kier molecular flexibility index (Phi) is 9.49. The molecule has 0 aliphatic heterocycles. The van der Waals surface area contributed by atoms with E-state index in [0.717, 1.165) is 32.1 Å². The quantitative estimate of drug-likeness (QED) is 0.487. The van der Waals surface area contributed by atoms with Gasteiger partial charge in [0.2, 0.25) is 5.91 Å². The van der Waals surface area contributed by atoms with Crippen LogP contribution in [0.5, 0.6) is 0 Å². The molecule has 1 amide bonds. The van der Waals surface area contributed by atoms with Crippen LogP contribution in [0.25, 0.3) is 0 Å². The molecule has 0 unspecified atom stereocenters. The first-order valence-corrected chi connectivity index (χ1v) is 11.5. The Labute approximate surface area is 188 Å². The number of carbonyl (C=O) groups excluding carboxylic acids is 2. The molecule has 32 heavy (non-hydrogen) atoms. The molecule has 10 nitrogen and oxygen atoms in total. The number of aromatic nitrogens is 2. The molecule has 1 saturated carbocycles. The fraction of sp³-hybridized carbons (Fsp3) is 0.727. The number of nitrogens with one attached hydrogen (secondary N) is 1. The summed E-state index contributed by atoms with van der Waals surface area (Å²) in [6, 6.07) is -0.275. The van der Waals surface area contributed by atoms with Crippen LogP contribution in [0.1, 0.15) is 66.2 Å². The van der Waals surface area contributed by atoms with E-state index in [1.807, 2.05) is 20.8 Å². The molecule has 1 aromatic heterocycles. The molecule has 0 saturated heterocycles. The van der Waals surface area contributed by atoms with Crippen molar-refractivity contribution >= 4 is 23.4 Å². The maximum Gasteiger partial charge on any atom is 0.330 e. The number of esters is 1. The van der Waals surface area contributed by atoms with E-state index in [2.05, 4.69) is 4.98 Å². The Hall–Kier alpha value is -2.62. The third kappa shape index (κ3) is 6.21. The zero-order valence-corrected chi connectivity index (χ0v) is 19.7. The summed E-state index contributed by atoms with van der Waals surface area (Å²) in [5.74, 6) is -0.728. The number of hydrogen-bond acceptors (Lipinski definition) is 7. The van der Waals surface area contributed by atoms with E-state index in [1.54, 1.807) is 11.8 Å². The van der Waals surface area contributed by atoms with Crippen molar-refractivity contribution in [1.29, 1.82) is 0 Å². The molecule has 2 rings (SSSR count). The maximum absolute atomic E-state index is 13.5. The van der Waals surface area contributed by atoms with Crippen molar-refractivity contribution < 1.29 is 14.3 Å². The molecular weight excluding hydrogens is 414 g/mol. The number of anilines is 2. The second kappa shape index (κ2) is 11.8. The molecule has 1 aromatic rings. The van der Waals surface area contributed by atoms with Gasteiger partial charge in [0.05, 0.1) is 19.7 Å². The van der Waals surface area contributed by atoms with Crippen LogP contribution in [-0.2, 0) is 20.9 Å². The standard InChI is InChI=1S/C22H37N5O5/c1-5-7-12-26-20(23)19(21(30)24-22(26)31)27(16-10-8-9-11-16)17(28)13-25(15(3)4)14-18(29)32-6-2/h15-16H,5-14,23H2,1-4H3,(H,24,30,31). The van der Waals surface area contributed by atoms with Gasteiger partial charge in [-0.3, -0.25) is 28.8 Å². The third-order valence-corrected chi connectivity index (χ3v) is 5.85. The van der Waals surface area contributed by atoms with Crippen molar-refractivity contribution in [3.8, 4) is 0 Å². The van der Waals surface area contributed by atoms with Crippen molar-refractivity contribution in [3.05, 3.63) is 20.8 Å². The van der Waals surface area contributed by atoms with Gasteiger partial charge in [-0.15, -0.1) is 0 Å². The lowest BCUT2D eigenvalue weighted by Crippen LogP contribution is -2.51. The average molecular weight is 452 g/mol.